The van der Waals surface area contributed by atoms with Crippen LogP contribution in [0.3, 0.4) is 0 Å². The molecule has 0 unspecified atom stereocenters. The Labute approximate surface area is 90.3 Å². The van der Waals surface area contributed by atoms with Crippen molar-refractivity contribution in [3.05, 3.63) is 23.3 Å². The molecular formula is C11H17N3O. The molecule has 4 nitrogen and oxygen atoms in total. The fourth-order valence-electron chi connectivity index (χ4n) is 1.62. The molecule has 1 aliphatic heterocycles. The van der Waals surface area contributed by atoms with Gasteiger partial charge in [0.1, 0.15) is 12.6 Å². The minimum Gasteiger partial charge on any atom is -0.304 e. The Bertz CT molecular complexity index is 339. The van der Waals surface area contributed by atoms with Crippen molar-refractivity contribution in [2.75, 3.05) is 13.6 Å². The van der Waals surface area contributed by atoms with E-state index in [1.54, 1.807) is 6.33 Å². The molecule has 0 spiro atoms. The molecule has 1 aromatic heterocycles. The molecule has 0 radical (unpaired) electrons. The van der Waals surface area contributed by atoms with Crippen molar-refractivity contribution in [2.45, 2.75) is 26.8 Å². The average Bonchev–Trinajstić information content (AvgIpc) is 2.21. The van der Waals surface area contributed by atoms with E-state index >= 15 is 0 Å². The lowest BCUT2D eigenvalue weighted by molar-refractivity contribution is -0.106. The van der Waals surface area contributed by atoms with E-state index < -0.39 is 0 Å². The van der Waals surface area contributed by atoms with Crippen molar-refractivity contribution in [3.8, 4) is 0 Å². The average molecular weight is 207 g/mol. The zero-order chi connectivity index (χ0) is 11.3. The molecule has 0 fully saturated rings. The second kappa shape index (κ2) is 5.56. The number of likely N-dealkylation sites (N-methyl/N-ethyl adjacent to an activating group) is 1. The lowest BCUT2D eigenvalue weighted by atomic mass is 10.1. The zero-order valence-electron chi connectivity index (χ0n) is 9.53. The third-order valence-electron chi connectivity index (χ3n) is 2.41. The minimum atomic E-state index is 0.750. The molecule has 4 heteroatoms. The summed E-state index contributed by atoms with van der Waals surface area (Å²) in [4.78, 5) is 19.6. The van der Waals surface area contributed by atoms with Gasteiger partial charge in [-0.15, -0.1) is 0 Å². The lowest BCUT2D eigenvalue weighted by Gasteiger charge is -2.24. The summed E-state index contributed by atoms with van der Waals surface area (Å²) in [5.41, 5.74) is 3.69. The van der Waals surface area contributed by atoms with Crippen LogP contribution in [-0.4, -0.2) is 34.7 Å². The first-order chi connectivity index (χ1) is 7.19. The fraction of sp³-hybridized carbons (Fsp3) is 0.545. The summed E-state index contributed by atoms with van der Waals surface area (Å²) in [5.74, 6) is 0. The first kappa shape index (κ1) is 11.8. The molecule has 0 saturated carbocycles. The molecule has 2 heterocycles. The highest BCUT2D eigenvalue weighted by Gasteiger charge is 2.15. The van der Waals surface area contributed by atoms with E-state index in [1.807, 2.05) is 0 Å². The standard InChI is InChI=1S/C9H13N3.C2H4O/c1-7-8-5-12(2)4-3-9(8)11-6-10-7;1-2-3/h6H,3-5H2,1-2H3;2H,1H3. The summed E-state index contributed by atoms with van der Waals surface area (Å²) < 4.78 is 0. The van der Waals surface area contributed by atoms with Crippen LogP contribution in [0.4, 0.5) is 0 Å². The quantitative estimate of drug-likeness (QED) is 0.595. The predicted octanol–water partition coefficient (Wildman–Crippen LogP) is 0.978. The Hall–Kier alpha value is -1.29. The smallest absolute Gasteiger partial charge is 0.116 e. The number of hydrogen-bond acceptors (Lipinski definition) is 4. The lowest BCUT2D eigenvalue weighted by Crippen LogP contribution is -2.28. The van der Waals surface area contributed by atoms with E-state index in [0.717, 1.165) is 31.5 Å². The third kappa shape index (κ3) is 3.09. The SMILES string of the molecule is CC=O.Cc1ncnc2c1CN(C)CC2. The molecule has 0 amide bonds. The number of nitrogens with zero attached hydrogens (tertiary/aromatic N) is 3. The first-order valence-corrected chi connectivity index (χ1v) is 5.06. The van der Waals surface area contributed by atoms with Gasteiger partial charge in [-0.25, -0.2) is 9.97 Å². The number of aldehydes is 1. The number of carbonyl (C=O) groups excluding carboxylic acids is 1. The van der Waals surface area contributed by atoms with Crippen LogP contribution in [0.5, 0.6) is 0 Å². The van der Waals surface area contributed by atoms with Gasteiger partial charge in [-0.2, -0.15) is 0 Å². The molecule has 0 atom stereocenters. The molecule has 0 bridgehead atoms. The van der Waals surface area contributed by atoms with Crippen LogP contribution < -0.4 is 0 Å². The van der Waals surface area contributed by atoms with Crippen molar-refractivity contribution in [1.29, 1.82) is 0 Å². The number of hydrogen-bond donors (Lipinski definition) is 0. The van der Waals surface area contributed by atoms with Gasteiger partial charge < -0.3 is 9.69 Å². The Kier molecular flexibility index (Phi) is 4.37. The van der Waals surface area contributed by atoms with E-state index in [1.165, 1.54) is 18.2 Å². The zero-order valence-corrected chi connectivity index (χ0v) is 9.53. The van der Waals surface area contributed by atoms with Gasteiger partial charge in [0.15, 0.2) is 0 Å². The van der Waals surface area contributed by atoms with Crippen molar-refractivity contribution < 1.29 is 4.79 Å². The molecule has 0 aromatic carbocycles. The van der Waals surface area contributed by atoms with Gasteiger partial charge in [0.05, 0.1) is 0 Å². The molecule has 0 saturated heterocycles. The number of carbonyl (C=O) groups is 1. The van der Waals surface area contributed by atoms with Gasteiger partial charge in [0, 0.05) is 36.5 Å². The Morgan fingerprint density at radius 1 is 1.47 bits per heavy atom. The monoisotopic (exact) mass is 207 g/mol. The molecule has 1 aromatic rings. The van der Waals surface area contributed by atoms with Crippen LogP contribution in [0.15, 0.2) is 6.33 Å². The number of fused-ring (bicyclic) bond motifs is 1. The summed E-state index contributed by atoms with van der Waals surface area (Å²) in [7, 11) is 2.13. The van der Waals surface area contributed by atoms with Gasteiger partial charge in [-0.05, 0) is 20.9 Å². The van der Waals surface area contributed by atoms with E-state index in [0.29, 0.717) is 0 Å². The van der Waals surface area contributed by atoms with Crippen LogP contribution >= 0.6 is 0 Å². The highest BCUT2D eigenvalue weighted by atomic mass is 16.1. The molecule has 82 valence electrons. The summed E-state index contributed by atoms with van der Waals surface area (Å²) in [6.07, 6.45) is 3.48. The van der Waals surface area contributed by atoms with Crippen molar-refractivity contribution in [3.63, 3.8) is 0 Å². The van der Waals surface area contributed by atoms with Gasteiger partial charge in [-0.1, -0.05) is 0 Å². The third-order valence-corrected chi connectivity index (χ3v) is 2.41. The van der Waals surface area contributed by atoms with Crippen molar-refractivity contribution >= 4 is 6.29 Å². The normalized spacial score (nSPS) is 14.9. The van der Waals surface area contributed by atoms with Crippen molar-refractivity contribution in [2.24, 2.45) is 0 Å². The summed E-state index contributed by atoms with van der Waals surface area (Å²) in [6.45, 7) is 5.62. The maximum absolute atomic E-state index is 8.81. The van der Waals surface area contributed by atoms with Gasteiger partial charge in [0.25, 0.3) is 0 Å². The number of aromatic nitrogens is 2. The predicted molar refractivity (Wildman–Crippen MR) is 58.5 cm³/mol. The second-order valence-corrected chi connectivity index (χ2v) is 3.61. The van der Waals surface area contributed by atoms with Crippen LogP contribution in [-0.2, 0) is 17.8 Å². The minimum absolute atomic E-state index is 0.750. The highest BCUT2D eigenvalue weighted by Crippen LogP contribution is 2.16. The Morgan fingerprint density at radius 3 is 2.80 bits per heavy atom. The van der Waals surface area contributed by atoms with Crippen LogP contribution in [0.1, 0.15) is 23.9 Å². The Balaban J connectivity index is 0.000000337. The summed E-state index contributed by atoms with van der Waals surface area (Å²) in [5, 5.41) is 0. The summed E-state index contributed by atoms with van der Waals surface area (Å²) >= 11 is 0. The van der Waals surface area contributed by atoms with Gasteiger partial charge in [-0.3, -0.25) is 0 Å². The Morgan fingerprint density at radius 2 is 2.13 bits per heavy atom. The first-order valence-electron chi connectivity index (χ1n) is 5.06. The molecule has 0 N–H and O–H groups in total. The fourth-order valence-corrected chi connectivity index (χ4v) is 1.62. The molecule has 1 aliphatic rings. The van der Waals surface area contributed by atoms with Gasteiger partial charge >= 0.3 is 0 Å². The maximum Gasteiger partial charge on any atom is 0.116 e. The largest absolute Gasteiger partial charge is 0.304 e. The number of aryl methyl sites for hydroxylation is 1. The molecule has 0 aliphatic carbocycles. The molecular weight excluding hydrogens is 190 g/mol. The van der Waals surface area contributed by atoms with E-state index in [2.05, 4.69) is 28.8 Å². The summed E-state index contributed by atoms with van der Waals surface area (Å²) in [6, 6.07) is 0. The van der Waals surface area contributed by atoms with E-state index in [4.69, 9.17) is 4.79 Å². The number of rotatable bonds is 0. The van der Waals surface area contributed by atoms with E-state index in [-0.39, 0.29) is 0 Å². The highest BCUT2D eigenvalue weighted by molar-refractivity contribution is 5.44. The van der Waals surface area contributed by atoms with Crippen LogP contribution in [0, 0.1) is 6.92 Å². The van der Waals surface area contributed by atoms with E-state index in [9.17, 15) is 0 Å². The van der Waals surface area contributed by atoms with Crippen molar-refractivity contribution in [1.82, 2.24) is 14.9 Å². The topological polar surface area (TPSA) is 46.1 Å². The molecule has 15 heavy (non-hydrogen) atoms. The molecule has 2 rings (SSSR count). The maximum atomic E-state index is 8.81. The van der Waals surface area contributed by atoms with Crippen LogP contribution in [0.2, 0.25) is 0 Å². The van der Waals surface area contributed by atoms with Crippen LogP contribution in [0.25, 0.3) is 0 Å². The second-order valence-electron chi connectivity index (χ2n) is 3.61. The van der Waals surface area contributed by atoms with Gasteiger partial charge in [0.2, 0.25) is 0 Å².